The van der Waals surface area contributed by atoms with Crippen molar-refractivity contribution in [3.05, 3.63) is 41.9 Å². The topological polar surface area (TPSA) is 59.8 Å². The Morgan fingerprint density at radius 3 is 2.78 bits per heavy atom. The van der Waals surface area contributed by atoms with Crippen LogP contribution in [0.4, 0.5) is 0 Å². The van der Waals surface area contributed by atoms with Gasteiger partial charge < -0.3 is 5.32 Å². The Bertz CT molecular complexity index is 569. The highest BCUT2D eigenvalue weighted by atomic mass is 16.1. The number of nitrogens with zero attached hydrogens (tertiary/aromatic N) is 3. The van der Waals surface area contributed by atoms with Gasteiger partial charge in [-0.1, -0.05) is 0 Å². The molecule has 0 bridgehead atoms. The summed E-state index contributed by atoms with van der Waals surface area (Å²) in [5, 5.41) is 7.20. The van der Waals surface area contributed by atoms with Gasteiger partial charge in [-0.25, -0.2) is 9.67 Å². The van der Waals surface area contributed by atoms with Gasteiger partial charge >= 0.3 is 0 Å². The molecule has 0 atom stereocenters. The summed E-state index contributed by atoms with van der Waals surface area (Å²) in [4.78, 5) is 16.0. The molecule has 0 aliphatic heterocycles. The van der Waals surface area contributed by atoms with Crippen LogP contribution >= 0.6 is 0 Å². The van der Waals surface area contributed by atoms with Crippen LogP contribution in [-0.2, 0) is 0 Å². The maximum absolute atomic E-state index is 11.8. The minimum absolute atomic E-state index is 0.0480. The molecule has 0 saturated heterocycles. The van der Waals surface area contributed by atoms with Gasteiger partial charge in [-0.2, -0.15) is 5.10 Å². The van der Waals surface area contributed by atoms with Crippen LogP contribution in [0.5, 0.6) is 0 Å². The maximum atomic E-state index is 11.8. The zero-order valence-corrected chi connectivity index (χ0v) is 10.1. The van der Waals surface area contributed by atoms with Crippen molar-refractivity contribution in [1.29, 1.82) is 0 Å². The van der Waals surface area contributed by atoms with Gasteiger partial charge in [0.05, 0.1) is 11.3 Å². The van der Waals surface area contributed by atoms with E-state index < -0.39 is 0 Å². The second kappa shape index (κ2) is 4.25. The molecule has 1 aliphatic carbocycles. The van der Waals surface area contributed by atoms with Gasteiger partial charge in [-0.3, -0.25) is 4.79 Å². The summed E-state index contributed by atoms with van der Waals surface area (Å²) >= 11 is 0. The van der Waals surface area contributed by atoms with Gasteiger partial charge in [0.25, 0.3) is 5.91 Å². The third kappa shape index (κ3) is 2.25. The summed E-state index contributed by atoms with van der Waals surface area (Å²) in [6.45, 7) is 1.92. The van der Waals surface area contributed by atoms with Crippen molar-refractivity contribution in [3.63, 3.8) is 0 Å². The molecule has 2 aromatic rings. The minimum Gasteiger partial charge on any atom is -0.349 e. The molecule has 2 aromatic heterocycles. The summed E-state index contributed by atoms with van der Waals surface area (Å²) in [5.74, 6) is 0.666. The van der Waals surface area contributed by atoms with Crippen molar-refractivity contribution in [2.24, 2.45) is 0 Å². The van der Waals surface area contributed by atoms with Crippen LogP contribution in [0, 0.1) is 6.92 Å². The van der Waals surface area contributed by atoms with Crippen LogP contribution in [0.25, 0.3) is 5.82 Å². The van der Waals surface area contributed by atoms with Gasteiger partial charge in [0.1, 0.15) is 0 Å². The van der Waals surface area contributed by atoms with Crippen molar-refractivity contribution in [2.75, 3.05) is 0 Å². The Morgan fingerprint density at radius 1 is 1.39 bits per heavy atom. The first-order valence-corrected chi connectivity index (χ1v) is 6.02. The zero-order chi connectivity index (χ0) is 12.5. The molecule has 0 aromatic carbocycles. The zero-order valence-electron chi connectivity index (χ0n) is 10.1. The van der Waals surface area contributed by atoms with Crippen LogP contribution in [0.2, 0.25) is 0 Å². The number of rotatable bonds is 3. The van der Waals surface area contributed by atoms with Gasteiger partial charge in [0.15, 0.2) is 5.82 Å². The molecule has 18 heavy (non-hydrogen) atoms. The van der Waals surface area contributed by atoms with E-state index >= 15 is 0 Å². The Kier molecular flexibility index (Phi) is 2.59. The number of aromatic nitrogens is 3. The molecule has 2 heterocycles. The molecule has 1 amide bonds. The van der Waals surface area contributed by atoms with Gasteiger partial charge in [-0.15, -0.1) is 0 Å². The largest absolute Gasteiger partial charge is 0.349 e. The molecular formula is C13H14N4O. The van der Waals surface area contributed by atoms with Crippen LogP contribution in [0.15, 0.2) is 30.6 Å². The van der Waals surface area contributed by atoms with Gasteiger partial charge in [0, 0.05) is 18.4 Å². The minimum atomic E-state index is -0.0480. The fourth-order valence-corrected chi connectivity index (χ4v) is 1.69. The van der Waals surface area contributed by atoms with Crippen LogP contribution in [0.1, 0.15) is 28.9 Å². The second-order valence-corrected chi connectivity index (χ2v) is 4.55. The lowest BCUT2D eigenvalue weighted by Gasteiger charge is -2.04. The summed E-state index contributed by atoms with van der Waals surface area (Å²) in [6.07, 6.45) is 5.61. The summed E-state index contributed by atoms with van der Waals surface area (Å²) in [7, 11) is 0. The van der Waals surface area contributed by atoms with Gasteiger partial charge in [-0.05, 0) is 38.0 Å². The molecule has 1 saturated carbocycles. The van der Waals surface area contributed by atoms with Crippen molar-refractivity contribution in [3.8, 4) is 5.82 Å². The summed E-state index contributed by atoms with van der Waals surface area (Å²) < 4.78 is 1.69. The molecule has 5 nitrogen and oxygen atoms in total. The number of amides is 1. The molecular weight excluding hydrogens is 228 g/mol. The average Bonchev–Trinajstić information content (AvgIpc) is 3.09. The highest BCUT2D eigenvalue weighted by Crippen LogP contribution is 2.19. The van der Waals surface area contributed by atoms with Crippen molar-refractivity contribution in [2.45, 2.75) is 25.8 Å². The summed E-state index contributed by atoms with van der Waals surface area (Å²) in [5.41, 5.74) is 1.53. The Balaban J connectivity index is 1.77. The number of hydrogen-bond donors (Lipinski definition) is 1. The number of nitrogens with one attached hydrogen (secondary N) is 1. The molecule has 3 rings (SSSR count). The standard InChI is InChI=1S/C13H14N4O/c1-9-6-7-17(16-9)12-5-2-10(8-14-12)13(18)15-11-3-4-11/h2,5-8,11H,3-4H2,1H3,(H,15,18). The highest BCUT2D eigenvalue weighted by Gasteiger charge is 2.23. The predicted octanol–water partition coefficient (Wildman–Crippen LogP) is 1.47. The second-order valence-electron chi connectivity index (χ2n) is 4.55. The molecule has 1 N–H and O–H groups in total. The fraction of sp³-hybridized carbons (Fsp3) is 0.308. The molecule has 1 fully saturated rings. The third-order valence-corrected chi connectivity index (χ3v) is 2.88. The lowest BCUT2D eigenvalue weighted by Crippen LogP contribution is -2.25. The van der Waals surface area contributed by atoms with Crippen molar-refractivity contribution in [1.82, 2.24) is 20.1 Å². The number of carbonyl (C=O) groups is 1. The van der Waals surface area contributed by atoms with Crippen LogP contribution < -0.4 is 5.32 Å². The molecule has 0 radical (unpaired) electrons. The first-order chi connectivity index (χ1) is 8.72. The van der Waals surface area contributed by atoms with Crippen LogP contribution in [-0.4, -0.2) is 26.7 Å². The van der Waals surface area contributed by atoms with Crippen molar-refractivity contribution < 1.29 is 4.79 Å². The first kappa shape index (κ1) is 11.0. The smallest absolute Gasteiger partial charge is 0.253 e. The van der Waals surface area contributed by atoms with E-state index in [1.54, 1.807) is 23.0 Å². The van der Waals surface area contributed by atoms with E-state index in [9.17, 15) is 4.79 Å². The quantitative estimate of drug-likeness (QED) is 0.886. The van der Waals surface area contributed by atoms with Gasteiger partial charge in [0.2, 0.25) is 0 Å². The number of aryl methyl sites for hydroxylation is 1. The molecule has 92 valence electrons. The normalized spacial score (nSPS) is 14.5. The van der Waals surface area contributed by atoms with E-state index in [1.165, 1.54) is 0 Å². The Labute approximate surface area is 105 Å². The maximum Gasteiger partial charge on any atom is 0.253 e. The lowest BCUT2D eigenvalue weighted by molar-refractivity contribution is 0.0950. The van der Waals surface area contributed by atoms with E-state index in [1.807, 2.05) is 19.2 Å². The number of hydrogen-bond acceptors (Lipinski definition) is 3. The van der Waals surface area contributed by atoms with Crippen LogP contribution in [0.3, 0.4) is 0 Å². The van der Waals surface area contributed by atoms with E-state index in [2.05, 4.69) is 15.4 Å². The first-order valence-electron chi connectivity index (χ1n) is 6.02. The highest BCUT2D eigenvalue weighted by molar-refractivity contribution is 5.94. The monoisotopic (exact) mass is 242 g/mol. The van der Waals surface area contributed by atoms with Crippen molar-refractivity contribution >= 4 is 5.91 Å². The molecule has 5 heteroatoms. The van der Waals surface area contributed by atoms with E-state index in [0.717, 1.165) is 18.5 Å². The molecule has 0 unspecified atom stereocenters. The Hall–Kier alpha value is -2.17. The average molecular weight is 242 g/mol. The molecule has 1 aliphatic rings. The third-order valence-electron chi connectivity index (χ3n) is 2.88. The number of carbonyl (C=O) groups excluding carboxylic acids is 1. The van der Waals surface area contributed by atoms with E-state index in [0.29, 0.717) is 17.4 Å². The fourth-order valence-electron chi connectivity index (χ4n) is 1.69. The van der Waals surface area contributed by atoms with E-state index in [4.69, 9.17) is 0 Å². The van der Waals surface area contributed by atoms with E-state index in [-0.39, 0.29) is 5.91 Å². The SMILES string of the molecule is Cc1ccn(-c2ccc(C(=O)NC3CC3)cn2)n1. The summed E-state index contributed by atoms with van der Waals surface area (Å²) in [6, 6.07) is 5.85. The molecule has 0 spiro atoms. The Morgan fingerprint density at radius 2 is 2.22 bits per heavy atom. The lowest BCUT2D eigenvalue weighted by atomic mass is 10.2. The number of pyridine rings is 1. The predicted molar refractivity (Wildman–Crippen MR) is 66.6 cm³/mol.